The first kappa shape index (κ1) is 18.2. The number of likely N-dealkylation sites (N-methyl/N-ethyl adjacent to an activating group) is 1. The van der Waals surface area contributed by atoms with E-state index in [4.69, 9.17) is 16.3 Å². The van der Waals surface area contributed by atoms with Crippen LogP contribution in [0.25, 0.3) is 0 Å². The Labute approximate surface area is 133 Å². The highest BCUT2D eigenvalue weighted by atomic mass is 35.5. The van der Waals surface area contributed by atoms with Crippen LogP contribution in [0.4, 0.5) is 5.69 Å². The maximum absolute atomic E-state index is 9.78. The minimum absolute atomic E-state index is 0.232. The first-order valence-corrected chi connectivity index (χ1v) is 7.78. The molecule has 2 N–H and O–H groups in total. The quantitative estimate of drug-likeness (QED) is 0.735. The van der Waals surface area contributed by atoms with Crippen LogP contribution < -0.4 is 10.2 Å². The van der Waals surface area contributed by atoms with E-state index in [2.05, 4.69) is 19.2 Å². The van der Waals surface area contributed by atoms with Crippen LogP contribution in [0, 0.1) is 0 Å². The zero-order valence-corrected chi connectivity index (χ0v) is 14.2. The molecule has 0 spiro atoms. The molecule has 0 aliphatic rings. The minimum atomic E-state index is -0.511. The van der Waals surface area contributed by atoms with Gasteiger partial charge in [-0.2, -0.15) is 0 Å². The lowest BCUT2D eigenvalue weighted by Crippen LogP contribution is -2.31. The van der Waals surface area contributed by atoms with Gasteiger partial charge < -0.3 is 20.1 Å². The number of anilines is 1. The van der Waals surface area contributed by atoms with E-state index >= 15 is 0 Å². The third kappa shape index (κ3) is 5.83. The van der Waals surface area contributed by atoms with Crippen molar-refractivity contribution in [2.24, 2.45) is 0 Å². The van der Waals surface area contributed by atoms with Crippen molar-refractivity contribution < 1.29 is 9.84 Å². The Morgan fingerprint density at radius 2 is 2.14 bits per heavy atom. The molecule has 0 aromatic heterocycles. The molecule has 0 heterocycles. The minimum Gasteiger partial charge on any atom is -0.389 e. The van der Waals surface area contributed by atoms with E-state index in [1.165, 1.54) is 0 Å². The fourth-order valence-electron chi connectivity index (χ4n) is 2.24. The van der Waals surface area contributed by atoms with E-state index < -0.39 is 6.10 Å². The highest BCUT2D eigenvalue weighted by Gasteiger charge is 2.13. The normalized spacial score (nSPS) is 14.0. The fourth-order valence-corrected chi connectivity index (χ4v) is 2.58. The van der Waals surface area contributed by atoms with Gasteiger partial charge in [0, 0.05) is 37.5 Å². The second kappa shape index (κ2) is 9.26. The Morgan fingerprint density at radius 3 is 2.71 bits per heavy atom. The molecule has 0 aliphatic carbocycles. The predicted molar refractivity (Wildman–Crippen MR) is 89.3 cm³/mol. The SMILES string of the molecule is CCCNC(C)c1ccc(N(C)CC(O)COC)cc1Cl. The zero-order valence-electron chi connectivity index (χ0n) is 13.4. The van der Waals surface area contributed by atoms with E-state index in [1.807, 2.05) is 30.1 Å². The van der Waals surface area contributed by atoms with Crippen LogP contribution in [0.15, 0.2) is 18.2 Å². The van der Waals surface area contributed by atoms with Crippen LogP contribution >= 0.6 is 11.6 Å². The number of benzene rings is 1. The smallest absolute Gasteiger partial charge is 0.0947 e. The largest absolute Gasteiger partial charge is 0.389 e. The van der Waals surface area contributed by atoms with Crippen molar-refractivity contribution in [3.63, 3.8) is 0 Å². The summed E-state index contributed by atoms with van der Waals surface area (Å²) in [6, 6.07) is 6.26. The summed E-state index contributed by atoms with van der Waals surface area (Å²) in [5.74, 6) is 0. The molecule has 2 unspecified atom stereocenters. The summed E-state index contributed by atoms with van der Waals surface area (Å²) in [6.07, 6.45) is 0.587. The van der Waals surface area contributed by atoms with Crippen molar-refractivity contribution in [1.82, 2.24) is 5.32 Å². The standard InChI is InChI=1S/C16H27ClN2O2/c1-5-8-18-12(2)15-7-6-13(9-16(15)17)19(3)10-14(20)11-21-4/h6-7,9,12,14,18,20H,5,8,10-11H2,1-4H3. The highest BCUT2D eigenvalue weighted by Crippen LogP contribution is 2.27. The summed E-state index contributed by atoms with van der Waals surface area (Å²) >= 11 is 6.39. The fraction of sp³-hybridized carbons (Fsp3) is 0.625. The van der Waals surface area contributed by atoms with Crippen LogP contribution in [-0.4, -0.2) is 45.1 Å². The summed E-state index contributed by atoms with van der Waals surface area (Å²) in [4.78, 5) is 1.98. The Bertz CT molecular complexity index is 429. The Morgan fingerprint density at radius 1 is 1.43 bits per heavy atom. The second-order valence-corrected chi connectivity index (χ2v) is 5.78. The van der Waals surface area contributed by atoms with Crippen molar-refractivity contribution in [1.29, 1.82) is 0 Å². The Hall–Kier alpha value is -0.810. The van der Waals surface area contributed by atoms with Gasteiger partial charge in [0.15, 0.2) is 0 Å². The molecular formula is C16H27ClN2O2. The molecule has 0 amide bonds. The van der Waals surface area contributed by atoms with E-state index in [1.54, 1.807) is 7.11 Å². The van der Waals surface area contributed by atoms with Crippen LogP contribution in [0.3, 0.4) is 0 Å². The molecule has 0 saturated carbocycles. The maximum atomic E-state index is 9.78. The van der Waals surface area contributed by atoms with Gasteiger partial charge >= 0.3 is 0 Å². The molecule has 4 nitrogen and oxygen atoms in total. The van der Waals surface area contributed by atoms with Gasteiger partial charge in [-0.1, -0.05) is 24.6 Å². The average molecular weight is 315 g/mol. The number of halogens is 1. The molecule has 0 bridgehead atoms. The van der Waals surface area contributed by atoms with Gasteiger partial charge in [0.25, 0.3) is 0 Å². The number of ether oxygens (including phenoxy) is 1. The van der Waals surface area contributed by atoms with Crippen molar-refractivity contribution in [3.8, 4) is 0 Å². The molecule has 21 heavy (non-hydrogen) atoms. The van der Waals surface area contributed by atoms with Crippen molar-refractivity contribution in [2.45, 2.75) is 32.4 Å². The average Bonchev–Trinajstić information content (AvgIpc) is 2.44. The molecule has 0 saturated heterocycles. The van der Waals surface area contributed by atoms with Crippen molar-refractivity contribution in [3.05, 3.63) is 28.8 Å². The van der Waals surface area contributed by atoms with Crippen LogP contribution in [0.2, 0.25) is 5.02 Å². The number of nitrogens with zero attached hydrogens (tertiary/aromatic N) is 1. The Kier molecular flexibility index (Phi) is 8.04. The van der Waals surface area contributed by atoms with Gasteiger partial charge in [-0.05, 0) is 37.6 Å². The van der Waals surface area contributed by atoms with E-state index in [0.717, 1.165) is 29.2 Å². The number of hydrogen-bond acceptors (Lipinski definition) is 4. The summed E-state index contributed by atoms with van der Waals surface area (Å²) in [6.45, 7) is 6.07. The van der Waals surface area contributed by atoms with E-state index in [-0.39, 0.29) is 6.04 Å². The number of aliphatic hydroxyl groups excluding tert-OH is 1. The molecule has 0 radical (unpaired) electrons. The first-order valence-electron chi connectivity index (χ1n) is 7.40. The summed E-state index contributed by atoms with van der Waals surface area (Å²) in [5.41, 5.74) is 2.08. The molecule has 1 aromatic rings. The van der Waals surface area contributed by atoms with Gasteiger partial charge in [0.2, 0.25) is 0 Å². The molecular weight excluding hydrogens is 288 g/mol. The van der Waals surface area contributed by atoms with Crippen molar-refractivity contribution in [2.75, 3.05) is 38.8 Å². The van der Waals surface area contributed by atoms with Gasteiger partial charge in [-0.15, -0.1) is 0 Å². The molecule has 2 atom stereocenters. The first-order chi connectivity index (χ1) is 9.99. The highest BCUT2D eigenvalue weighted by molar-refractivity contribution is 6.31. The number of aliphatic hydroxyl groups is 1. The number of rotatable bonds is 9. The third-order valence-electron chi connectivity index (χ3n) is 3.44. The molecule has 0 fully saturated rings. The van der Waals surface area contributed by atoms with E-state index in [9.17, 15) is 5.11 Å². The monoisotopic (exact) mass is 314 g/mol. The van der Waals surface area contributed by atoms with Crippen molar-refractivity contribution >= 4 is 17.3 Å². The van der Waals surface area contributed by atoms with Crippen LogP contribution in [-0.2, 0) is 4.74 Å². The summed E-state index contributed by atoms with van der Waals surface area (Å²) < 4.78 is 4.94. The topological polar surface area (TPSA) is 44.7 Å². The van der Waals surface area contributed by atoms with E-state index in [0.29, 0.717) is 13.2 Å². The second-order valence-electron chi connectivity index (χ2n) is 5.37. The van der Waals surface area contributed by atoms with Crippen LogP contribution in [0.1, 0.15) is 31.9 Å². The summed E-state index contributed by atoms with van der Waals surface area (Å²) in [5, 5.41) is 14.0. The van der Waals surface area contributed by atoms with Gasteiger partial charge in [-0.25, -0.2) is 0 Å². The van der Waals surface area contributed by atoms with Gasteiger partial charge in [-0.3, -0.25) is 0 Å². The molecule has 5 heteroatoms. The third-order valence-corrected chi connectivity index (χ3v) is 3.76. The molecule has 1 rings (SSSR count). The predicted octanol–water partition coefficient (Wildman–Crippen LogP) is 2.84. The summed E-state index contributed by atoms with van der Waals surface area (Å²) in [7, 11) is 3.52. The number of methoxy groups -OCH3 is 1. The zero-order chi connectivity index (χ0) is 15.8. The van der Waals surface area contributed by atoms with Gasteiger partial charge in [0.1, 0.15) is 0 Å². The molecule has 120 valence electrons. The lowest BCUT2D eigenvalue weighted by Gasteiger charge is -2.24. The van der Waals surface area contributed by atoms with Gasteiger partial charge in [0.05, 0.1) is 12.7 Å². The Balaban J connectivity index is 2.72. The number of hydrogen-bond donors (Lipinski definition) is 2. The number of nitrogens with one attached hydrogen (secondary N) is 1. The lowest BCUT2D eigenvalue weighted by atomic mass is 10.1. The molecule has 0 aliphatic heterocycles. The van der Waals surface area contributed by atoms with Crippen LogP contribution in [0.5, 0.6) is 0 Å². The lowest BCUT2D eigenvalue weighted by molar-refractivity contribution is 0.0695. The molecule has 1 aromatic carbocycles. The maximum Gasteiger partial charge on any atom is 0.0947 e.